The molecule has 0 saturated heterocycles. The van der Waals surface area contributed by atoms with Gasteiger partial charge in [0, 0.05) is 28.6 Å². The molecular weight excluding hydrogens is 612 g/mol. The van der Waals surface area contributed by atoms with Gasteiger partial charge in [-0.2, -0.15) is 4.39 Å². The first-order valence-electron chi connectivity index (χ1n) is 10.9. The number of hydrogen-bond donors (Lipinski definition) is 3. The third kappa shape index (κ3) is 8.03. The largest absolute Gasteiger partial charge is 0.396 e. The Kier molecular flexibility index (Phi) is 10.2. The summed E-state index contributed by atoms with van der Waals surface area (Å²) in [6, 6.07) is 15.8. The number of nitro groups is 1. The number of carbonyl (C=O) groups is 2. The highest BCUT2D eigenvalue weighted by Crippen LogP contribution is 2.26. The molecule has 2 amide bonds. The molecule has 40 heavy (non-hydrogen) atoms. The summed E-state index contributed by atoms with van der Waals surface area (Å²) in [5.41, 5.74) is 5.72. The molecule has 0 unspecified atom stereocenters. The van der Waals surface area contributed by atoms with Gasteiger partial charge in [0.2, 0.25) is 5.82 Å². The molecule has 0 heterocycles. The van der Waals surface area contributed by atoms with Crippen molar-refractivity contribution in [1.29, 1.82) is 0 Å². The molecule has 4 N–H and O–H groups in total. The highest BCUT2D eigenvalue weighted by atomic mass is 35.5. The average molecular weight is 628 g/mol. The van der Waals surface area contributed by atoms with Crippen molar-refractivity contribution in [3.8, 4) is 0 Å². The molecular formula is C26H16Cl4F2N4O4. The summed E-state index contributed by atoms with van der Waals surface area (Å²) in [5.74, 6) is -2.45. The number of nitrogens with one attached hydrogen (secondary N) is 2. The minimum atomic E-state index is -0.979. The van der Waals surface area contributed by atoms with Gasteiger partial charge in [0.1, 0.15) is 5.82 Å². The van der Waals surface area contributed by atoms with Gasteiger partial charge >= 0.3 is 5.69 Å². The fraction of sp³-hybridized carbons (Fsp3) is 0. The van der Waals surface area contributed by atoms with E-state index in [1.807, 2.05) is 0 Å². The van der Waals surface area contributed by atoms with E-state index in [9.17, 15) is 28.5 Å². The van der Waals surface area contributed by atoms with Gasteiger partial charge in [-0.3, -0.25) is 19.7 Å². The minimum Gasteiger partial charge on any atom is -0.396 e. The maximum Gasteiger partial charge on any atom is 0.306 e. The average Bonchev–Trinajstić information content (AvgIpc) is 2.90. The second-order valence-corrected chi connectivity index (χ2v) is 9.45. The molecule has 8 nitrogen and oxygen atoms in total. The van der Waals surface area contributed by atoms with Crippen LogP contribution in [0.5, 0.6) is 0 Å². The number of benzene rings is 4. The van der Waals surface area contributed by atoms with Crippen LogP contribution in [0.2, 0.25) is 20.1 Å². The Morgan fingerprint density at radius 3 is 1.55 bits per heavy atom. The molecule has 4 aromatic rings. The van der Waals surface area contributed by atoms with Crippen molar-refractivity contribution in [3.63, 3.8) is 0 Å². The van der Waals surface area contributed by atoms with Gasteiger partial charge in [-0.15, -0.1) is 0 Å². The number of halogens is 6. The standard InChI is InChI=1S/C13H7Cl2FN2O3.C13H9Cl2FN2O/c14-9-3-1-7(5-10(9)15)13(19)17-8-2-4-11(16)12(6-8)18(20)21;14-9-3-1-7(5-10(9)15)13(19)18-8-2-4-11(16)12(17)6-8/h1-6H,(H,17,19);1-6H,17H2,(H,18,19). The van der Waals surface area contributed by atoms with Crippen molar-refractivity contribution in [1.82, 2.24) is 0 Å². The van der Waals surface area contributed by atoms with E-state index in [-0.39, 0.29) is 32.9 Å². The Hall–Kier alpha value is -3.96. The number of rotatable bonds is 5. The summed E-state index contributed by atoms with van der Waals surface area (Å²) in [7, 11) is 0. The third-order valence-corrected chi connectivity index (χ3v) is 6.50. The van der Waals surface area contributed by atoms with Crippen molar-refractivity contribution in [2.24, 2.45) is 0 Å². The number of nitrogen functional groups attached to an aromatic ring is 1. The molecule has 0 radical (unpaired) electrons. The topological polar surface area (TPSA) is 127 Å². The molecule has 14 heteroatoms. The number of hydrogen-bond acceptors (Lipinski definition) is 5. The fourth-order valence-electron chi connectivity index (χ4n) is 3.03. The lowest BCUT2D eigenvalue weighted by Gasteiger charge is -2.07. The molecule has 0 fully saturated rings. The molecule has 4 aromatic carbocycles. The SMILES string of the molecule is Nc1cc(NC(=O)c2ccc(Cl)c(Cl)c2)ccc1F.O=C(Nc1ccc(F)c([N+](=O)[O-])c1)c1ccc(Cl)c(Cl)c1. The molecule has 0 aromatic heterocycles. The normalized spacial score (nSPS) is 10.2. The van der Waals surface area contributed by atoms with Crippen LogP contribution in [0.3, 0.4) is 0 Å². The summed E-state index contributed by atoms with van der Waals surface area (Å²) in [6.07, 6.45) is 0. The van der Waals surface area contributed by atoms with E-state index in [0.717, 1.165) is 12.1 Å². The lowest BCUT2D eigenvalue weighted by Crippen LogP contribution is -2.12. The van der Waals surface area contributed by atoms with E-state index in [1.54, 1.807) is 0 Å². The Labute approximate surface area is 245 Å². The van der Waals surface area contributed by atoms with Gasteiger partial charge in [-0.25, -0.2) is 4.39 Å². The van der Waals surface area contributed by atoms with Gasteiger partial charge in [0.05, 0.1) is 30.7 Å². The number of nitrogens with zero attached hydrogens (tertiary/aromatic N) is 1. The summed E-state index contributed by atoms with van der Waals surface area (Å²) >= 11 is 23.1. The van der Waals surface area contributed by atoms with E-state index < -0.39 is 28.2 Å². The van der Waals surface area contributed by atoms with Crippen LogP contribution in [-0.2, 0) is 0 Å². The van der Waals surface area contributed by atoms with Gasteiger partial charge in [-0.1, -0.05) is 46.4 Å². The summed E-state index contributed by atoms with van der Waals surface area (Å²) in [6.45, 7) is 0. The zero-order chi connectivity index (χ0) is 29.6. The third-order valence-electron chi connectivity index (χ3n) is 5.02. The predicted molar refractivity (Wildman–Crippen MR) is 153 cm³/mol. The predicted octanol–water partition coefficient (Wildman–Crippen LogP) is 8.26. The van der Waals surface area contributed by atoms with Crippen LogP contribution in [0, 0.1) is 21.7 Å². The van der Waals surface area contributed by atoms with Crippen LogP contribution in [-0.4, -0.2) is 16.7 Å². The first kappa shape index (κ1) is 30.6. The number of nitrogens with two attached hydrogens (primary N) is 1. The molecule has 0 atom stereocenters. The molecule has 0 aliphatic rings. The van der Waals surface area contributed by atoms with Crippen LogP contribution >= 0.6 is 46.4 Å². The quantitative estimate of drug-likeness (QED) is 0.117. The van der Waals surface area contributed by atoms with Crippen molar-refractivity contribution < 1.29 is 23.3 Å². The van der Waals surface area contributed by atoms with Crippen molar-refractivity contribution >= 4 is 81.0 Å². The van der Waals surface area contributed by atoms with E-state index in [1.165, 1.54) is 60.7 Å². The fourth-order valence-corrected chi connectivity index (χ4v) is 3.63. The highest BCUT2D eigenvalue weighted by Gasteiger charge is 2.16. The molecule has 0 bridgehead atoms. The zero-order valence-corrected chi connectivity index (χ0v) is 22.9. The number of anilines is 3. The van der Waals surface area contributed by atoms with E-state index in [2.05, 4.69) is 10.6 Å². The smallest absolute Gasteiger partial charge is 0.306 e. The lowest BCUT2D eigenvalue weighted by atomic mass is 10.2. The Bertz CT molecular complexity index is 1620. The molecule has 0 aliphatic carbocycles. The Balaban J connectivity index is 0.000000222. The van der Waals surface area contributed by atoms with Gasteiger partial charge in [0.25, 0.3) is 11.8 Å². The number of nitro benzene ring substituents is 1. The summed E-state index contributed by atoms with van der Waals surface area (Å²) < 4.78 is 26.2. The Morgan fingerprint density at radius 1 is 0.675 bits per heavy atom. The maximum absolute atomic E-state index is 13.2. The second kappa shape index (κ2) is 13.4. The van der Waals surface area contributed by atoms with Crippen molar-refractivity contribution in [2.45, 2.75) is 0 Å². The van der Waals surface area contributed by atoms with Crippen LogP contribution < -0.4 is 16.4 Å². The van der Waals surface area contributed by atoms with Crippen molar-refractivity contribution in [3.05, 3.63) is 126 Å². The monoisotopic (exact) mass is 626 g/mol. The molecule has 206 valence electrons. The van der Waals surface area contributed by atoms with E-state index in [0.29, 0.717) is 21.3 Å². The Morgan fingerprint density at radius 2 is 1.12 bits per heavy atom. The molecule has 0 spiro atoms. The summed E-state index contributed by atoms with van der Waals surface area (Å²) in [5, 5.41) is 16.8. The molecule has 4 rings (SSSR count). The first-order chi connectivity index (χ1) is 18.8. The highest BCUT2D eigenvalue weighted by molar-refractivity contribution is 6.42. The van der Waals surface area contributed by atoms with Crippen LogP contribution in [0.1, 0.15) is 20.7 Å². The van der Waals surface area contributed by atoms with E-state index in [4.69, 9.17) is 52.1 Å². The van der Waals surface area contributed by atoms with Crippen molar-refractivity contribution in [2.75, 3.05) is 16.4 Å². The second-order valence-electron chi connectivity index (χ2n) is 7.83. The maximum atomic E-state index is 13.2. The lowest BCUT2D eigenvalue weighted by molar-refractivity contribution is -0.387. The number of carbonyl (C=O) groups excluding carboxylic acids is 2. The molecule has 0 saturated carbocycles. The minimum absolute atomic E-state index is 0.0352. The van der Waals surface area contributed by atoms with Crippen LogP contribution in [0.4, 0.5) is 31.5 Å². The molecule has 0 aliphatic heterocycles. The van der Waals surface area contributed by atoms with Gasteiger partial charge < -0.3 is 16.4 Å². The zero-order valence-electron chi connectivity index (χ0n) is 19.9. The van der Waals surface area contributed by atoms with Gasteiger partial charge in [0.15, 0.2) is 0 Å². The number of amides is 2. The van der Waals surface area contributed by atoms with Crippen LogP contribution in [0.25, 0.3) is 0 Å². The van der Waals surface area contributed by atoms with Crippen LogP contribution in [0.15, 0.2) is 72.8 Å². The first-order valence-corrected chi connectivity index (χ1v) is 12.4. The summed E-state index contributed by atoms with van der Waals surface area (Å²) in [4.78, 5) is 33.7. The van der Waals surface area contributed by atoms with E-state index >= 15 is 0 Å². The van der Waals surface area contributed by atoms with Gasteiger partial charge in [-0.05, 0) is 66.7 Å².